The highest BCUT2D eigenvalue weighted by molar-refractivity contribution is 6.31. The molecule has 0 unspecified atom stereocenters. The molecule has 2 aromatic carbocycles. The van der Waals surface area contributed by atoms with Crippen molar-refractivity contribution < 1.29 is 18.8 Å². The number of oxime groups is 1. The Morgan fingerprint density at radius 2 is 1.80 bits per heavy atom. The van der Waals surface area contributed by atoms with Crippen LogP contribution in [0.4, 0.5) is 10.1 Å². The second-order valence-electron chi connectivity index (χ2n) is 5.97. The van der Waals surface area contributed by atoms with Gasteiger partial charge in [0.2, 0.25) is 11.5 Å². The zero-order chi connectivity index (χ0) is 17.6. The summed E-state index contributed by atoms with van der Waals surface area (Å²) in [6.07, 6.45) is -0.0987. The van der Waals surface area contributed by atoms with Crippen molar-refractivity contribution >= 4 is 34.8 Å². The predicted molar refractivity (Wildman–Crippen MR) is 89.9 cm³/mol. The summed E-state index contributed by atoms with van der Waals surface area (Å²) in [7, 11) is 0. The van der Waals surface area contributed by atoms with Gasteiger partial charge < -0.3 is 4.84 Å². The van der Waals surface area contributed by atoms with Gasteiger partial charge in [-0.2, -0.15) is 0 Å². The molecule has 2 aromatic rings. The lowest BCUT2D eigenvalue weighted by Crippen LogP contribution is -2.40. The van der Waals surface area contributed by atoms with Crippen LogP contribution in [0.3, 0.4) is 0 Å². The second-order valence-corrected chi connectivity index (χ2v) is 6.40. The van der Waals surface area contributed by atoms with E-state index in [1.807, 2.05) is 0 Å². The number of carbonyl (C=O) groups is 2. The molecule has 25 heavy (non-hydrogen) atoms. The number of hydrogen-bond donors (Lipinski definition) is 0. The maximum Gasteiger partial charge on any atom is 0.281 e. The van der Waals surface area contributed by atoms with E-state index in [4.69, 9.17) is 16.4 Å². The Labute approximate surface area is 147 Å². The van der Waals surface area contributed by atoms with Gasteiger partial charge in [0.15, 0.2) is 0 Å². The van der Waals surface area contributed by atoms with Gasteiger partial charge in [-0.1, -0.05) is 35.0 Å². The molecule has 7 heteroatoms. The van der Waals surface area contributed by atoms with Crippen molar-refractivity contribution in [2.24, 2.45) is 5.16 Å². The first-order valence-electron chi connectivity index (χ1n) is 7.63. The fraction of sp³-hybridized carbons (Fsp3) is 0.167. The molecule has 0 aromatic heterocycles. The van der Waals surface area contributed by atoms with Crippen molar-refractivity contribution in [3.8, 4) is 0 Å². The van der Waals surface area contributed by atoms with Crippen molar-refractivity contribution in [2.75, 3.05) is 4.90 Å². The third-order valence-corrected chi connectivity index (χ3v) is 4.58. The Morgan fingerprint density at radius 1 is 1.08 bits per heavy atom. The monoisotopic (exact) mass is 358 g/mol. The van der Waals surface area contributed by atoms with E-state index in [9.17, 15) is 14.0 Å². The van der Waals surface area contributed by atoms with Gasteiger partial charge in [-0.25, -0.2) is 9.29 Å². The fourth-order valence-corrected chi connectivity index (χ4v) is 3.22. The van der Waals surface area contributed by atoms with Crippen LogP contribution >= 0.6 is 11.6 Å². The van der Waals surface area contributed by atoms with Gasteiger partial charge in [0.05, 0.1) is 17.8 Å². The van der Waals surface area contributed by atoms with E-state index in [-0.39, 0.29) is 18.4 Å². The summed E-state index contributed by atoms with van der Waals surface area (Å²) >= 11 is 5.85. The Balaban J connectivity index is 1.63. The molecule has 2 aliphatic heterocycles. The van der Waals surface area contributed by atoms with Crippen molar-refractivity contribution in [1.82, 2.24) is 0 Å². The zero-order valence-electron chi connectivity index (χ0n) is 12.9. The fourth-order valence-electron chi connectivity index (χ4n) is 3.09. The molecule has 1 spiro atoms. The van der Waals surface area contributed by atoms with E-state index in [2.05, 4.69) is 5.16 Å². The number of rotatable bonds is 2. The van der Waals surface area contributed by atoms with E-state index in [1.54, 1.807) is 42.5 Å². The number of halogens is 2. The molecule has 2 heterocycles. The molecule has 0 bridgehead atoms. The minimum atomic E-state index is -1.41. The summed E-state index contributed by atoms with van der Waals surface area (Å²) in [5, 5.41) is 4.38. The average Bonchev–Trinajstić information content (AvgIpc) is 3.11. The van der Waals surface area contributed by atoms with Gasteiger partial charge in [0.25, 0.3) is 5.91 Å². The molecule has 1 saturated heterocycles. The van der Waals surface area contributed by atoms with E-state index in [1.165, 1.54) is 6.07 Å². The van der Waals surface area contributed by atoms with Crippen molar-refractivity contribution in [1.29, 1.82) is 0 Å². The van der Waals surface area contributed by atoms with Crippen LogP contribution < -0.4 is 4.90 Å². The summed E-state index contributed by atoms with van der Waals surface area (Å²) < 4.78 is 14.0. The van der Waals surface area contributed by atoms with Crippen molar-refractivity contribution in [3.63, 3.8) is 0 Å². The van der Waals surface area contributed by atoms with E-state index < -0.39 is 23.2 Å². The van der Waals surface area contributed by atoms with Crippen LogP contribution in [0, 0.1) is 5.82 Å². The third-order valence-electron chi connectivity index (χ3n) is 4.33. The average molecular weight is 359 g/mol. The van der Waals surface area contributed by atoms with Gasteiger partial charge in [0.1, 0.15) is 5.82 Å². The molecule has 0 radical (unpaired) electrons. The van der Waals surface area contributed by atoms with Gasteiger partial charge in [-0.05, 0) is 30.3 Å². The number of hydrogen-bond acceptors (Lipinski definition) is 4. The molecule has 4 rings (SSSR count). The van der Waals surface area contributed by atoms with Crippen LogP contribution in [0.2, 0.25) is 5.02 Å². The minimum absolute atomic E-state index is 0.0442. The van der Waals surface area contributed by atoms with E-state index >= 15 is 0 Å². The Morgan fingerprint density at radius 3 is 2.52 bits per heavy atom. The van der Waals surface area contributed by atoms with Crippen LogP contribution in [0.25, 0.3) is 0 Å². The molecular weight excluding hydrogens is 347 g/mol. The number of amides is 2. The van der Waals surface area contributed by atoms with E-state index in [0.29, 0.717) is 16.4 Å². The van der Waals surface area contributed by atoms with Gasteiger partial charge >= 0.3 is 0 Å². The summed E-state index contributed by atoms with van der Waals surface area (Å²) in [6, 6.07) is 12.5. The highest BCUT2D eigenvalue weighted by atomic mass is 35.5. The van der Waals surface area contributed by atoms with Crippen LogP contribution in [-0.2, 0) is 14.4 Å². The van der Waals surface area contributed by atoms with Gasteiger partial charge in [0, 0.05) is 17.0 Å². The van der Waals surface area contributed by atoms with Crippen molar-refractivity contribution in [3.05, 3.63) is 64.9 Å². The molecule has 2 amide bonds. The summed E-state index contributed by atoms with van der Waals surface area (Å²) in [4.78, 5) is 31.7. The summed E-state index contributed by atoms with van der Waals surface area (Å²) in [5.74, 6) is -1.35. The minimum Gasteiger partial charge on any atom is -0.378 e. The SMILES string of the molecule is O=C1C[C@@]2(CC(c3ccccc3F)=NO2)C(=O)N1c1ccc(Cl)cc1. The third kappa shape index (κ3) is 2.49. The first kappa shape index (κ1) is 15.8. The molecule has 126 valence electrons. The molecule has 1 atom stereocenters. The highest BCUT2D eigenvalue weighted by Gasteiger charge is 2.58. The molecule has 5 nitrogen and oxygen atoms in total. The number of carbonyl (C=O) groups excluding carboxylic acids is 2. The molecule has 0 aliphatic carbocycles. The topological polar surface area (TPSA) is 59.0 Å². The first-order chi connectivity index (χ1) is 12.0. The van der Waals surface area contributed by atoms with Crippen LogP contribution in [-0.4, -0.2) is 23.1 Å². The summed E-state index contributed by atoms with van der Waals surface area (Å²) in [6.45, 7) is 0. The van der Waals surface area contributed by atoms with Gasteiger partial charge in [-0.15, -0.1) is 0 Å². The lowest BCUT2D eigenvalue weighted by molar-refractivity contribution is -0.136. The normalized spacial score (nSPS) is 22.5. The molecular formula is C18H12ClFN2O3. The molecule has 0 N–H and O–H groups in total. The lowest BCUT2D eigenvalue weighted by atomic mass is 9.92. The molecule has 1 fully saturated rings. The standard InChI is InChI=1S/C18H12ClFN2O3/c19-11-5-7-12(8-6-11)22-16(23)10-18(17(22)24)9-15(21-25-18)13-3-1-2-4-14(13)20/h1-8H,9-10H2/t18-/m0/s1. The lowest BCUT2D eigenvalue weighted by Gasteiger charge is -2.19. The largest absolute Gasteiger partial charge is 0.378 e. The van der Waals surface area contributed by atoms with Crippen LogP contribution in [0.15, 0.2) is 53.7 Å². The highest BCUT2D eigenvalue weighted by Crippen LogP contribution is 2.39. The Hall–Kier alpha value is -2.73. The number of anilines is 1. The quantitative estimate of drug-likeness (QED) is 0.774. The predicted octanol–water partition coefficient (Wildman–Crippen LogP) is 3.31. The number of imide groups is 1. The zero-order valence-corrected chi connectivity index (χ0v) is 13.7. The van der Waals surface area contributed by atoms with Crippen LogP contribution in [0.5, 0.6) is 0 Å². The second kappa shape index (κ2) is 5.67. The maximum absolute atomic E-state index is 14.0. The van der Waals surface area contributed by atoms with Gasteiger partial charge in [-0.3, -0.25) is 9.59 Å². The smallest absolute Gasteiger partial charge is 0.281 e. The van der Waals surface area contributed by atoms with Crippen molar-refractivity contribution in [2.45, 2.75) is 18.4 Å². The Bertz CT molecular complexity index is 913. The Kier molecular flexibility index (Phi) is 3.58. The summed E-state index contributed by atoms with van der Waals surface area (Å²) in [5.41, 5.74) is -0.407. The number of nitrogens with zero attached hydrogens (tertiary/aromatic N) is 2. The number of benzene rings is 2. The van der Waals surface area contributed by atoms with E-state index in [0.717, 1.165) is 4.90 Å². The molecule has 0 saturated carbocycles. The molecule has 2 aliphatic rings. The maximum atomic E-state index is 14.0. The van der Waals surface area contributed by atoms with Crippen LogP contribution in [0.1, 0.15) is 18.4 Å². The first-order valence-corrected chi connectivity index (χ1v) is 8.01.